The van der Waals surface area contributed by atoms with Crippen LogP contribution in [0.25, 0.3) is 0 Å². The van der Waals surface area contributed by atoms with Gasteiger partial charge in [-0.2, -0.15) is 0 Å². The molecular formula is C14H24N2O2. The number of hydrogen-bond acceptors (Lipinski definition) is 4. The Balaban J connectivity index is 2.62. The van der Waals surface area contributed by atoms with E-state index in [1.165, 1.54) is 11.1 Å². The van der Waals surface area contributed by atoms with Gasteiger partial charge in [0.25, 0.3) is 0 Å². The van der Waals surface area contributed by atoms with E-state index in [4.69, 9.17) is 15.2 Å². The molecule has 0 saturated carbocycles. The number of ether oxygens (including phenoxy) is 2. The van der Waals surface area contributed by atoms with Crippen LogP contribution in [0, 0.1) is 0 Å². The summed E-state index contributed by atoms with van der Waals surface area (Å²) < 4.78 is 10.3. The molecule has 1 aromatic carbocycles. The lowest BCUT2D eigenvalue weighted by molar-refractivity contribution is 0.110. The van der Waals surface area contributed by atoms with Crippen LogP contribution in [-0.4, -0.2) is 45.4 Å². The Morgan fingerprint density at radius 2 is 1.56 bits per heavy atom. The monoisotopic (exact) mass is 252 g/mol. The summed E-state index contributed by atoms with van der Waals surface area (Å²) in [6.07, 6.45) is 0. The minimum Gasteiger partial charge on any atom is -0.383 e. The zero-order chi connectivity index (χ0) is 13.2. The summed E-state index contributed by atoms with van der Waals surface area (Å²) in [5, 5.41) is 0. The standard InChI is InChI=1S/C14H24N2O2/c1-17-9-7-16(8-10-18-2)12-14-6-4-3-5-13(14)11-15/h3-6H,7-12,15H2,1-2H3. The van der Waals surface area contributed by atoms with Crippen molar-refractivity contribution in [3.05, 3.63) is 35.4 Å². The molecule has 1 aromatic rings. The Morgan fingerprint density at radius 3 is 2.06 bits per heavy atom. The van der Waals surface area contributed by atoms with Crippen LogP contribution in [0.15, 0.2) is 24.3 Å². The van der Waals surface area contributed by atoms with Crippen LogP contribution in [0.3, 0.4) is 0 Å². The minimum absolute atomic E-state index is 0.582. The summed E-state index contributed by atoms with van der Waals surface area (Å²) in [4.78, 5) is 2.32. The molecule has 0 spiro atoms. The number of hydrogen-bond donors (Lipinski definition) is 1. The largest absolute Gasteiger partial charge is 0.383 e. The van der Waals surface area contributed by atoms with E-state index in [9.17, 15) is 0 Å². The summed E-state index contributed by atoms with van der Waals surface area (Å²) in [6.45, 7) is 4.74. The first-order valence-electron chi connectivity index (χ1n) is 6.29. The highest BCUT2D eigenvalue weighted by Crippen LogP contribution is 2.11. The van der Waals surface area contributed by atoms with Crippen molar-refractivity contribution in [1.29, 1.82) is 0 Å². The minimum atomic E-state index is 0.582. The summed E-state index contributed by atoms with van der Waals surface area (Å²) in [6, 6.07) is 8.30. The average molecular weight is 252 g/mol. The molecule has 0 amide bonds. The maximum atomic E-state index is 5.76. The highest BCUT2D eigenvalue weighted by atomic mass is 16.5. The summed E-state index contributed by atoms with van der Waals surface area (Å²) in [7, 11) is 3.45. The predicted octanol–water partition coefficient (Wildman–Crippen LogP) is 1.24. The molecule has 4 nitrogen and oxygen atoms in total. The fraction of sp³-hybridized carbons (Fsp3) is 0.571. The lowest BCUT2D eigenvalue weighted by Crippen LogP contribution is -2.30. The molecule has 0 bridgehead atoms. The van der Waals surface area contributed by atoms with Gasteiger partial charge in [0, 0.05) is 40.4 Å². The second kappa shape index (κ2) is 9.05. The van der Waals surface area contributed by atoms with E-state index in [2.05, 4.69) is 23.1 Å². The van der Waals surface area contributed by atoms with Crippen LogP contribution in [0.5, 0.6) is 0 Å². The quantitative estimate of drug-likeness (QED) is 0.718. The van der Waals surface area contributed by atoms with Crippen LogP contribution >= 0.6 is 0 Å². The molecule has 2 N–H and O–H groups in total. The van der Waals surface area contributed by atoms with Crippen LogP contribution < -0.4 is 5.73 Å². The third-order valence-electron chi connectivity index (χ3n) is 2.96. The number of benzene rings is 1. The third-order valence-corrected chi connectivity index (χ3v) is 2.96. The Kier molecular flexibility index (Phi) is 7.60. The fourth-order valence-electron chi connectivity index (χ4n) is 1.86. The number of nitrogens with zero attached hydrogens (tertiary/aromatic N) is 1. The normalized spacial score (nSPS) is 11.1. The Morgan fingerprint density at radius 1 is 1.00 bits per heavy atom. The van der Waals surface area contributed by atoms with Gasteiger partial charge in [-0.15, -0.1) is 0 Å². The van der Waals surface area contributed by atoms with E-state index in [0.29, 0.717) is 6.54 Å². The van der Waals surface area contributed by atoms with E-state index >= 15 is 0 Å². The van der Waals surface area contributed by atoms with Crippen molar-refractivity contribution in [2.24, 2.45) is 5.73 Å². The molecule has 0 atom stereocenters. The van der Waals surface area contributed by atoms with Crippen LogP contribution in [0.2, 0.25) is 0 Å². The molecule has 0 saturated heterocycles. The molecule has 0 unspecified atom stereocenters. The van der Waals surface area contributed by atoms with Crippen LogP contribution in [0.4, 0.5) is 0 Å². The molecule has 18 heavy (non-hydrogen) atoms. The van der Waals surface area contributed by atoms with Gasteiger partial charge in [-0.25, -0.2) is 0 Å². The van der Waals surface area contributed by atoms with Crippen molar-refractivity contribution in [2.45, 2.75) is 13.1 Å². The first kappa shape index (κ1) is 15.1. The van der Waals surface area contributed by atoms with Crippen molar-refractivity contribution < 1.29 is 9.47 Å². The van der Waals surface area contributed by atoms with E-state index < -0.39 is 0 Å². The van der Waals surface area contributed by atoms with Gasteiger partial charge >= 0.3 is 0 Å². The third kappa shape index (κ3) is 5.14. The molecule has 0 aliphatic rings. The Bertz CT molecular complexity index is 323. The molecule has 0 aliphatic carbocycles. The summed E-state index contributed by atoms with van der Waals surface area (Å²) in [5.41, 5.74) is 8.25. The fourth-order valence-corrected chi connectivity index (χ4v) is 1.86. The predicted molar refractivity (Wildman–Crippen MR) is 73.4 cm³/mol. The molecule has 0 aromatic heterocycles. The number of rotatable bonds is 9. The Hall–Kier alpha value is -0.940. The van der Waals surface area contributed by atoms with Crippen molar-refractivity contribution in [3.8, 4) is 0 Å². The van der Waals surface area contributed by atoms with E-state index in [0.717, 1.165) is 32.8 Å². The van der Waals surface area contributed by atoms with E-state index in [1.807, 2.05) is 6.07 Å². The van der Waals surface area contributed by atoms with Gasteiger partial charge in [-0.1, -0.05) is 24.3 Å². The van der Waals surface area contributed by atoms with Crippen LogP contribution in [-0.2, 0) is 22.6 Å². The van der Waals surface area contributed by atoms with Crippen molar-refractivity contribution >= 4 is 0 Å². The lowest BCUT2D eigenvalue weighted by atomic mass is 10.1. The summed E-state index contributed by atoms with van der Waals surface area (Å²) in [5.74, 6) is 0. The second-order valence-corrected chi connectivity index (χ2v) is 4.23. The molecule has 4 heteroatoms. The van der Waals surface area contributed by atoms with Gasteiger partial charge in [0.05, 0.1) is 13.2 Å². The van der Waals surface area contributed by atoms with Gasteiger partial charge in [0.1, 0.15) is 0 Å². The molecule has 0 aliphatic heterocycles. The number of methoxy groups -OCH3 is 2. The highest BCUT2D eigenvalue weighted by molar-refractivity contribution is 5.26. The second-order valence-electron chi connectivity index (χ2n) is 4.23. The van der Waals surface area contributed by atoms with Crippen molar-refractivity contribution in [2.75, 3.05) is 40.5 Å². The van der Waals surface area contributed by atoms with Gasteiger partial charge < -0.3 is 15.2 Å². The van der Waals surface area contributed by atoms with Gasteiger partial charge in [0.15, 0.2) is 0 Å². The molecule has 102 valence electrons. The number of nitrogens with two attached hydrogens (primary N) is 1. The molecular weight excluding hydrogens is 228 g/mol. The van der Waals surface area contributed by atoms with Crippen molar-refractivity contribution in [3.63, 3.8) is 0 Å². The maximum absolute atomic E-state index is 5.76. The van der Waals surface area contributed by atoms with Gasteiger partial charge in [-0.3, -0.25) is 4.90 Å². The molecule has 1 rings (SSSR count). The first-order chi connectivity index (χ1) is 8.81. The molecule has 0 radical (unpaired) electrons. The van der Waals surface area contributed by atoms with Gasteiger partial charge in [0.2, 0.25) is 0 Å². The maximum Gasteiger partial charge on any atom is 0.0589 e. The zero-order valence-corrected chi connectivity index (χ0v) is 11.4. The van der Waals surface area contributed by atoms with E-state index in [1.54, 1.807) is 14.2 Å². The molecule has 0 fully saturated rings. The highest BCUT2D eigenvalue weighted by Gasteiger charge is 2.08. The van der Waals surface area contributed by atoms with E-state index in [-0.39, 0.29) is 0 Å². The Labute approximate surface area is 110 Å². The van der Waals surface area contributed by atoms with Crippen LogP contribution in [0.1, 0.15) is 11.1 Å². The first-order valence-corrected chi connectivity index (χ1v) is 6.29. The van der Waals surface area contributed by atoms with Gasteiger partial charge in [-0.05, 0) is 11.1 Å². The SMILES string of the molecule is COCCN(CCOC)Cc1ccccc1CN. The topological polar surface area (TPSA) is 47.7 Å². The average Bonchev–Trinajstić information content (AvgIpc) is 2.42. The lowest BCUT2D eigenvalue weighted by Gasteiger charge is -2.22. The zero-order valence-electron chi connectivity index (χ0n) is 11.4. The van der Waals surface area contributed by atoms with Crippen molar-refractivity contribution in [1.82, 2.24) is 4.90 Å². The summed E-state index contributed by atoms with van der Waals surface area (Å²) >= 11 is 0. The smallest absolute Gasteiger partial charge is 0.0589 e. The molecule has 0 heterocycles.